The number of benzene rings is 1. The van der Waals surface area contributed by atoms with Crippen LogP contribution in [0.5, 0.6) is 5.75 Å². The van der Waals surface area contributed by atoms with Crippen LogP contribution in [0.3, 0.4) is 0 Å². The first-order valence-corrected chi connectivity index (χ1v) is 8.06. The summed E-state index contributed by atoms with van der Waals surface area (Å²) < 4.78 is 6.87. The lowest BCUT2D eigenvalue weighted by molar-refractivity contribution is -0.123. The molecule has 6 heteroatoms. The molecule has 1 aliphatic carbocycles. The Labute approximate surface area is 140 Å². The summed E-state index contributed by atoms with van der Waals surface area (Å²) >= 11 is 0. The van der Waals surface area contributed by atoms with Crippen molar-refractivity contribution in [2.75, 3.05) is 6.61 Å². The number of amides is 1. The monoisotopic (exact) mass is 327 g/mol. The van der Waals surface area contributed by atoms with Gasteiger partial charge in [-0.3, -0.25) is 9.59 Å². The Kier molecular flexibility index (Phi) is 4.64. The van der Waals surface area contributed by atoms with E-state index < -0.39 is 0 Å². The maximum atomic E-state index is 12.1. The number of aryl methyl sites for hydroxylation is 3. The minimum atomic E-state index is -0.151. The van der Waals surface area contributed by atoms with Crippen molar-refractivity contribution in [3.63, 3.8) is 0 Å². The van der Waals surface area contributed by atoms with Gasteiger partial charge in [-0.2, -0.15) is 5.10 Å². The van der Waals surface area contributed by atoms with Gasteiger partial charge in [0.2, 0.25) is 0 Å². The zero-order chi connectivity index (χ0) is 17.1. The van der Waals surface area contributed by atoms with Crippen LogP contribution in [0, 0.1) is 6.92 Å². The number of hydrogen-bond donors (Lipinski definition) is 1. The summed E-state index contributed by atoms with van der Waals surface area (Å²) in [6, 6.07) is 9.23. The van der Waals surface area contributed by atoms with Crippen LogP contribution in [0.25, 0.3) is 0 Å². The number of fused-ring (bicyclic) bond motifs is 1. The molecule has 0 fully saturated rings. The van der Waals surface area contributed by atoms with E-state index in [2.05, 4.69) is 10.4 Å². The fourth-order valence-corrected chi connectivity index (χ4v) is 2.93. The van der Waals surface area contributed by atoms with Crippen molar-refractivity contribution >= 4 is 5.91 Å². The summed E-state index contributed by atoms with van der Waals surface area (Å²) in [6.45, 7) is 1.96. The second-order valence-corrected chi connectivity index (χ2v) is 6.19. The lowest BCUT2D eigenvalue weighted by Gasteiger charge is -2.24. The first kappa shape index (κ1) is 16.2. The predicted molar refractivity (Wildman–Crippen MR) is 90.1 cm³/mol. The van der Waals surface area contributed by atoms with Gasteiger partial charge < -0.3 is 10.1 Å². The van der Waals surface area contributed by atoms with E-state index in [0.717, 1.165) is 29.7 Å². The average Bonchev–Trinajstić information content (AvgIpc) is 2.54. The van der Waals surface area contributed by atoms with Crippen molar-refractivity contribution in [3.8, 4) is 5.75 Å². The van der Waals surface area contributed by atoms with Crippen LogP contribution in [0.4, 0.5) is 0 Å². The van der Waals surface area contributed by atoms with Gasteiger partial charge in [-0.1, -0.05) is 12.1 Å². The van der Waals surface area contributed by atoms with E-state index in [0.29, 0.717) is 12.2 Å². The van der Waals surface area contributed by atoms with Crippen LogP contribution < -0.4 is 15.6 Å². The summed E-state index contributed by atoms with van der Waals surface area (Å²) in [6.07, 6.45) is 2.20. The third-order valence-electron chi connectivity index (χ3n) is 4.18. The second-order valence-electron chi connectivity index (χ2n) is 6.19. The SMILES string of the molecule is Cc1cccc(OCC(=O)NC2CCc3nn(C)c(=O)cc3C2)c1. The quantitative estimate of drug-likeness (QED) is 0.914. The predicted octanol–water partition coefficient (Wildman–Crippen LogP) is 1.14. The number of ether oxygens (including phenoxy) is 1. The molecule has 0 radical (unpaired) electrons. The van der Waals surface area contributed by atoms with E-state index in [-0.39, 0.29) is 24.1 Å². The van der Waals surface area contributed by atoms with Crippen LogP contribution in [0.2, 0.25) is 0 Å². The third kappa shape index (κ3) is 3.82. The molecule has 0 saturated heterocycles. The second kappa shape index (κ2) is 6.86. The number of carbonyl (C=O) groups is 1. The van der Waals surface area contributed by atoms with Gasteiger partial charge in [0.25, 0.3) is 11.5 Å². The Morgan fingerprint density at radius 1 is 1.42 bits per heavy atom. The van der Waals surface area contributed by atoms with E-state index in [1.807, 2.05) is 31.2 Å². The van der Waals surface area contributed by atoms with Gasteiger partial charge in [-0.15, -0.1) is 0 Å². The molecule has 0 bridgehead atoms. The highest BCUT2D eigenvalue weighted by atomic mass is 16.5. The Morgan fingerprint density at radius 2 is 2.25 bits per heavy atom. The van der Waals surface area contributed by atoms with Crippen LogP contribution in [-0.4, -0.2) is 28.3 Å². The Morgan fingerprint density at radius 3 is 3.04 bits per heavy atom. The molecule has 1 amide bonds. The molecule has 1 atom stereocenters. The maximum Gasteiger partial charge on any atom is 0.266 e. The van der Waals surface area contributed by atoms with E-state index in [4.69, 9.17) is 4.74 Å². The van der Waals surface area contributed by atoms with Gasteiger partial charge in [-0.25, -0.2) is 4.68 Å². The van der Waals surface area contributed by atoms with Gasteiger partial charge in [-0.05, 0) is 49.4 Å². The Balaban J connectivity index is 1.55. The molecular formula is C18H21N3O3. The lowest BCUT2D eigenvalue weighted by Crippen LogP contribution is -2.42. The number of rotatable bonds is 4. The number of nitrogens with one attached hydrogen (secondary N) is 1. The number of carbonyl (C=O) groups excluding carboxylic acids is 1. The van der Waals surface area contributed by atoms with Gasteiger partial charge in [0.15, 0.2) is 6.61 Å². The minimum absolute atomic E-state index is 0.0123. The van der Waals surface area contributed by atoms with Crippen molar-refractivity contribution in [2.45, 2.75) is 32.2 Å². The molecule has 1 aromatic heterocycles. The number of hydrogen-bond acceptors (Lipinski definition) is 4. The molecule has 1 aliphatic rings. The molecule has 1 aromatic carbocycles. The standard InChI is InChI=1S/C18H21N3O3/c1-12-4-3-5-15(8-12)24-11-17(22)19-14-6-7-16-13(9-14)10-18(23)21(2)20-16/h3-5,8,10,14H,6-7,9,11H2,1-2H3,(H,19,22). The summed E-state index contributed by atoms with van der Waals surface area (Å²) in [5, 5.41) is 7.26. The highest BCUT2D eigenvalue weighted by Crippen LogP contribution is 2.18. The van der Waals surface area contributed by atoms with Crippen molar-refractivity contribution in [1.29, 1.82) is 0 Å². The molecular weight excluding hydrogens is 306 g/mol. The van der Waals surface area contributed by atoms with E-state index in [9.17, 15) is 9.59 Å². The average molecular weight is 327 g/mol. The van der Waals surface area contributed by atoms with Gasteiger partial charge >= 0.3 is 0 Å². The highest BCUT2D eigenvalue weighted by molar-refractivity contribution is 5.77. The zero-order valence-corrected chi connectivity index (χ0v) is 13.9. The van der Waals surface area contributed by atoms with Crippen LogP contribution in [0.15, 0.2) is 35.1 Å². The fourth-order valence-electron chi connectivity index (χ4n) is 2.93. The van der Waals surface area contributed by atoms with Crippen molar-refractivity contribution < 1.29 is 9.53 Å². The highest BCUT2D eigenvalue weighted by Gasteiger charge is 2.22. The van der Waals surface area contributed by atoms with Crippen LogP contribution in [0.1, 0.15) is 23.2 Å². The van der Waals surface area contributed by atoms with Crippen molar-refractivity contribution in [1.82, 2.24) is 15.1 Å². The molecule has 0 spiro atoms. The van der Waals surface area contributed by atoms with Crippen molar-refractivity contribution in [3.05, 3.63) is 57.5 Å². The molecule has 1 heterocycles. The molecule has 3 rings (SSSR count). The first-order chi connectivity index (χ1) is 11.5. The van der Waals surface area contributed by atoms with Crippen LogP contribution in [-0.2, 0) is 24.7 Å². The Bertz CT molecular complexity index is 813. The summed E-state index contributed by atoms with van der Waals surface area (Å²) in [5.74, 6) is 0.536. The number of nitrogens with zero attached hydrogens (tertiary/aromatic N) is 2. The smallest absolute Gasteiger partial charge is 0.266 e. The minimum Gasteiger partial charge on any atom is -0.484 e. The topological polar surface area (TPSA) is 73.2 Å². The molecule has 2 aromatic rings. The van der Waals surface area contributed by atoms with E-state index in [1.165, 1.54) is 4.68 Å². The summed E-state index contributed by atoms with van der Waals surface area (Å²) in [5.41, 5.74) is 2.84. The molecule has 1 N–H and O–H groups in total. The molecule has 24 heavy (non-hydrogen) atoms. The zero-order valence-electron chi connectivity index (χ0n) is 13.9. The summed E-state index contributed by atoms with van der Waals surface area (Å²) in [4.78, 5) is 23.8. The molecule has 1 unspecified atom stereocenters. The number of aromatic nitrogens is 2. The first-order valence-electron chi connectivity index (χ1n) is 8.06. The van der Waals surface area contributed by atoms with Gasteiger partial charge in [0.1, 0.15) is 5.75 Å². The molecule has 0 aliphatic heterocycles. The molecule has 126 valence electrons. The Hall–Kier alpha value is -2.63. The molecule has 0 saturated carbocycles. The van der Waals surface area contributed by atoms with E-state index >= 15 is 0 Å². The largest absolute Gasteiger partial charge is 0.484 e. The van der Waals surface area contributed by atoms with Crippen LogP contribution >= 0.6 is 0 Å². The summed E-state index contributed by atoms with van der Waals surface area (Å²) in [7, 11) is 1.65. The lowest BCUT2D eigenvalue weighted by atomic mass is 9.92. The fraction of sp³-hybridized carbons (Fsp3) is 0.389. The van der Waals surface area contributed by atoms with E-state index in [1.54, 1.807) is 13.1 Å². The molecule has 6 nitrogen and oxygen atoms in total. The third-order valence-corrected chi connectivity index (χ3v) is 4.18. The van der Waals surface area contributed by atoms with Crippen molar-refractivity contribution in [2.24, 2.45) is 7.05 Å². The maximum absolute atomic E-state index is 12.1. The normalized spacial score (nSPS) is 16.3. The van der Waals surface area contributed by atoms with Gasteiger partial charge in [0.05, 0.1) is 5.69 Å². The van der Waals surface area contributed by atoms with Gasteiger partial charge in [0, 0.05) is 19.2 Å².